The molecule has 0 spiro atoms. The fraction of sp³-hybridized carbons (Fsp3) is 0.333. The van der Waals surface area contributed by atoms with E-state index in [4.69, 9.17) is 5.11 Å². The molecule has 0 aliphatic rings. The lowest BCUT2D eigenvalue weighted by atomic mass is 10.2. The van der Waals surface area contributed by atoms with Gasteiger partial charge in [0.2, 0.25) is 0 Å². The summed E-state index contributed by atoms with van der Waals surface area (Å²) in [7, 11) is 0. The average Bonchev–Trinajstić information content (AvgIpc) is 2.79. The largest absolute Gasteiger partial charge is 0.394 e. The second-order valence-electron chi connectivity index (χ2n) is 4.03. The molecule has 0 amide bonds. The first kappa shape index (κ1) is 12.5. The number of nitrogens with zero attached hydrogens (tertiary/aromatic N) is 3. The Hall–Kier alpha value is -1.95. The summed E-state index contributed by atoms with van der Waals surface area (Å²) < 4.78 is 15.0. The van der Waals surface area contributed by atoms with Crippen LogP contribution in [0, 0.1) is 12.7 Å². The van der Waals surface area contributed by atoms with Gasteiger partial charge in [-0.2, -0.15) is 0 Å². The molecule has 0 atom stereocenters. The molecule has 0 saturated heterocycles. The molecule has 0 saturated carbocycles. The predicted molar refractivity (Wildman–Crippen MR) is 65.6 cm³/mol. The minimum Gasteiger partial charge on any atom is -0.394 e. The number of nitrogens with one attached hydrogen (secondary N) is 1. The van der Waals surface area contributed by atoms with Crippen molar-refractivity contribution in [1.82, 2.24) is 15.0 Å². The first-order valence-corrected chi connectivity index (χ1v) is 5.69. The van der Waals surface area contributed by atoms with Gasteiger partial charge in [-0.15, -0.1) is 5.10 Å². The lowest BCUT2D eigenvalue weighted by molar-refractivity contribution is 0.268. The fourth-order valence-electron chi connectivity index (χ4n) is 1.59. The normalized spacial score (nSPS) is 10.6. The van der Waals surface area contributed by atoms with Gasteiger partial charge >= 0.3 is 0 Å². The molecule has 5 nitrogen and oxygen atoms in total. The van der Waals surface area contributed by atoms with Gasteiger partial charge in [0.15, 0.2) is 0 Å². The number of aryl methyl sites for hydroxylation is 1. The summed E-state index contributed by atoms with van der Waals surface area (Å²) in [5, 5.41) is 19.5. The molecule has 0 unspecified atom stereocenters. The average molecular weight is 250 g/mol. The highest BCUT2D eigenvalue weighted by molar-refractivity contribution is 5.47. The third-order valence-electron chi connectivity index (χ3n) is 2.50. The predicted octanol–water partition coefficient (Wildman–Crippen LogP) is 1.33. The van der Waals surface area contributed by atoms with E-state index in [-0.39, 0.29) is 12.4 Å². The molecule has 1 aromatic carbocycles. The van der Waals surface area contributed by atoms with Gasteiger partial charge in [-0.1, -0.05) is 11.3 Å². The second-order valence-corrected chi connectivity index (χ2v) is 4.03. The topological polar surface area (TPSA) is 63.0 Å². The van der Waals surface area contributed by atoms with Crippen molar-refractivity contribution in [3.8, 4) is 0 Å². The minimum absolute atomic E-state index is 0.0166. The highest BCUT2D eigenvalue weighted by Gasteiger charge is 2.04. The summed E-state index contributed by atoms with van der Waals surface area (Å²) >= 11 is 0. The summed E-state index contributed by atoms with van der Waals surface area (Å²) in [6.07, 6.45) is 1.72. The van der Waals surface area contributed by atoms with Gasteiger partial charge in [0.1, 0.15) is 11.5 Å². The maximum atomic E-state index is 13.5. The van der Waals surface area contributed by atoms with Crippen LogP contribution in [0.5, 0.6) is 0 Å². The Balaban J connectivity index is 1.99. The van der Waals surface area contributed by atoms with Crippen LogP contribution < -0.4 is 5.32 Å². The van der Waals surface area contributed by atoms with Gasteiger partial charge in [-0.3, -0.25) is 0 Å². The lowest BCUT2D eigenvalue weighted by Crippen LogP contribution is -2.03. The van der Waals surface area contributed by atoms with Crippen molar-refractivity contribution in [1.29, 1.82) is 0 Å². The summed E-state index contributed by atoms with van der Waals surface area (Å²) in [6, 6.07) is 4.89. The zero-order valence-corrected chi connectivity index (χ0v) is 10.1. The maximum absolute atomic E-state index is 13.5. The molecule has 6 heteroatoms. The third-order valence-corrected chi connectivity index (χ3v) is 2.50. The molecule has 0 aliphatic heterocycles. The van der Waals surface area contributed by atoms with E-state index < -0.39 is 0 Å². The molecule has 2 rings (SSSR count). The molecular formula is C12H15FN4O. The van der Waals surface area contributed by atoms with Gasteiger partial charge < -0.3 is 10.4 Å². The number of halogens is 1. The molecule has 1 heterocycles. The van der Waals surface area contributed by atoms with Crippen LogP contribution in [0.25, 0.3) is 0 Å². The molecular weight excluding hydrogens is 235 g/mol. The zero-order valence-electron chi connectivity index (χ0n) is 10.1. The van der Waals surface area contributed by atoms with E-state index in [9.17, 15) is 4.39 Å². The number of hydrogen-bond acceptors (Lipinski definition) is 4. The quantitative estimate of drug-likeness (QED) is 0.840. The van der Waals surface area contributed by atoms with Crippen molar-refractivity contribution in [2.24, 2.45) is 0 Å². The number of aliphatic hydroxyl groups excluding tert-OH is 1. The Morgan fingerprint density at radius 1 is 1.44 bits per heavy atom. The van der Waals surface area contributed by atoms with Gasteiger partial charge in [0.25, 0.3) is 0 Å². The smallest absolute Gasteiger partial charge is 0.146 e. The fourth-order valence-corrected chi connectivity index (χ4v) is 1.59. The Labute approximate surface area is 104 Å². The molecule has 0 radical (unpaired) electrons. The van der Waals surface area contributed by atoms with Crippen LogP contribution in [0.2, 0.25) is 0 Å². The number of aromatic nitrogens is 3. The SMILES string of the molecule is Cc1ccc(F)c(NCc2cn(CCO)nn2)c1. The van der Waals surface area contributed by atoms with E-state index in [0.717, 1.165) is 5.56 Å². The summed E-state index contributed by atoms with van der Waals surface area (Å²) in [5.74, 6) is -0.289. The summed E-state index contributed by atoms with van der Waals surface area (Å²) in [6.45, 7) is 2.72. The lowest BCUT2D eigenvalue weighted by Gasteiger charge is -2.06. The van der Waals surface area contributed by atoms with Crippen molar-refractivity contribution < 1.29 is 9.50 Å². The summed E-state index contributed by atoms with van der Waals surface area (Å²) in [4.78, 5) is 0. The van der Waals surface area contributed by atoms with Crippen LogP contribution >= 0.6 is 0 Å². The van der Waals surface area contributed by atoms with Crippen molar-refractivity contribution >= 4 is 5.69 Å². The first-order valence-electron chi connectivity index (χ1n) is 5.69. The van der Waals surface area contributed by atoms with Gasteiger partial charge in [0, 0.05) is 0 Å². The molecule has 2 aromatic rings. The van der Waals surface area contributed by atoms with Crippen molar-refractivity contribution in [2.75, 3.05) is 11.9 Å². The zero-order chi connectivity index (χ0) is 13.0. The molecule has 0 bridgehead atoms. The van der Waals surface area contributed by atoms with Crippen molar-refractivity contribution in [2.45, 2.75) is 20.0 Å². The number of aliphatic hydroxyl groups is 1. The van der Waals surface area contributed by atoms with E-state index in [1.54, 1.807) is 23.0 Å². The van der Waals surface area contributed by atoms with Crippen LogP contribution in [-0.2, 0) is 13.1 Å². The number of anilines is 1. The Morgan fingerprint density at radius 3 is 3.06 bits per heavy atom. The Morgan fingerprint density at radius 2 is 2.28 bits per heavy atom. The van der Waals surface area contributed by atoms with Crippen LogP contribution in [-0.4, -0.2) is 26.7 Å². The first-order chi connectivity index (χ1) is 8.69. The molecule has 0 aliphatic carbocycles. The van der Waals surface area contributed by atoms with Gasteiger partial charge in [0.05, 0.1) is 31.6 Å². The highest BCUT2D eigenvalue weighted by Crippen LogP contribution is 2.16. The van der Waals surface area contributed by atoms with E-state index in [0.29, 0.717) is 24.5 Å². The van der Waals surface area contributed by atoms with E-state index in [1.807, 2.05) is 6.92 Å². The highest BCUT2D eigenvalue weighted by atomic mass is 19.1. The van der Waals surface area contributed by atoms with Crippen molar-refractivity contribution in [3.05, 3.63) is 41.5 Å². The van der Waals surface area contributed by atoms with Crippen LogP contribution in [0.4, 0.5) is 10.1 Å². The number of rotatable bonds is 5. The van der Waals surface area contributed by atoms with Crippen LogP contribution in [0.1, 0.15) is 11.3 Å². The Kier molecular flexibility index (Phi) is 3.88. The molecule has 96 valence electrons. The second kappa shape index (κ2) is 5.59. The Bertz CT molecular complexity index is 527. The molecule has 18 heavy (non-hydrogen) atoms. The van der Waals surface area contributed by atoms with Gasteiger partial charge in [-0.05, 0) is 24.6 Å². The monoisotopic (exact) mass is 250 g/mol. The molecule has 2 N–H and O–H groups in total. The standard InChI is InChI=1S/C12H15FN4O/c1-9-2-3-11(13)12(6-9)14-7-10-8-17(4-5-18)16-15-10/h2-3,6,8,14,18H,4-5,7H2,1H3. The van der Waals surface area contributed by atoms with Gasteiger partial charge in [-0.25, -0.2) is 9.07 Å². The summed E-state index contributed by atoms with van der Waals surface area (Å²) in [5.41, 5.74) is 2.14. The van der Waals surface area contributed by atoms with Crippen molar-refractivity contribution in [3.63, 3.8) is 0 Å². The van der Waals surface area contributed by atoms with E-state index in [2.05, 4.69) is 15.6 Å². The molecule has 0 fully saturated rings. The van der Waals surface area contributed by atoms with Crippen LogP contribution in [0.15, 0.2) is 24.4 Å². The third kappa shape index (κ3) is 3.04. The number of benzene rings is 1. The molecule has 1 aromatic heterocycles. The minimum atomic E-state index is -0.289. The van der Waals surface area contributed by atoms with E-state index >= 15 is 0 Å². The van der Waals surface area contributed by atoms with Crippen LogP contribution in [0.3, 0.4) is 0 Å². The van der Waals surface area contributed by atoms with E-state index in [1.165, 1.54) is 6.07 Å². The maximum Gasteiger partial charge on any atom is 0.146 e. The number of hydrogen-bond donors (Lipinski definition) is 2.